The van der Waals surface area contributed by atoms with Gasteiger partial charge in [0.15, 0.2) is 0 Å². The summed E-state index contributed by atoms with van der Waals surface area (Å²) >= 11 is 0. The maximum Gasteiger partial charge on any atom is 0.0794 e. The molecule has 1 fully saturated rings. The van der Waals surface area contributed by atoms with Crippen molar-refractivity contribution in [3.05, 3.63) is 35.4 Å². The van der Waals surface area contributed by atoms with E-state index in [1.54, 1.807) is 0 Å². The Morgan fingerprint density at radius 3 is 2.71 bits per heavy atom. The molecule has 2 heteroatoms. The maximum absolute atomic E-state index is 5.72. The molecular weight excluding hydrogens is 210 g/mol. The molecule has 1 aromatic carbocycles. The monoisotopic (exact) mass is 233 g/mol. The van der Waals surface area contributed by atoms with Crippen LogP contribution in [0.2, 0.25) is 0 Å². The summed E-state index contributed by atoms with van der Waals surface area (Å²) in [5.74, 6) is 0.740. The third kappa shape index (κ3) is 3.08. The van der Waals surface area contributed by atoms with E-state index >= 15 is 0 Å². The molecule has 2 atom stereocenters. The van der Waals surface area contributed by atoms with Gasteiger partial charge in [0.25, 0.3) is 0 Å². The fourth-order valence-electron chi connectivity index (χ4n) is 2.53. The first kappa shape index (κ1) is 12.6. The smallest absolute Gasteiger partial charge is 0.0794 e. The molecule has 1 saturated carbocycles. The van der Waals surface area contributed by atoms with Crippen LogP contribution in [0, 0.1) is 12.8 Å². The van der Waals surface area contributed by atoms with Gasteiger partial charge in [0, 0.05) is 7.11 Å². The molecule has 0 spiro atoms. The molecule has 1 aliphatic carbocycles. The number of ether oxygens (including phenoxy) is 1. The van der Waals surface area contributed by atoms with Gasteiger partial charge in [0.1, 0.15) is 0 Å². The van der Waals surface area contributed by atoms with Gasteiger partial charge in [-0.15, -0.1) is 0 Å². The summed E-state index contributed by atoms with van der Waals surface area (Å²) in [6.45, 7) is 5.28. The zero-order valence-electron chi connectivity index (χ0n) is 11.1. The number of benzene rings is 1. The molecule has 2 nitrogen and oxygen atoms in total. The Morgan fingerprint density at radius 2 is 2.18 bits per heavy atom. The number of rotatable bonds is 6. The van der Waals surface area contributed by atoms with Crippen molar-refractivity contribution < 1.29 is 4.74 Å². The van der Waals surface area contributed by atoms with Gasteiger partial charge in [-0.25, -0.2) is 0 Å². The quantitative estimate of drug-likeness (QED) is 0.815. The second-order valence-corrected chi connectivity index (χ2v) is 4.99. The summed E-state index contributed by atoms with van der Waals surface area (Å²) in [6.07, 6.45) is 2.94. The van der Waals surface area contributed by atoms with E-state index in [0.717, 1.165) is 12.5 Å². The van der Waals surface area contributed by atoms with E-state index in [9.17, 15) is 0 Å². The van der Waals surface area contributed by atoms with Gasteiger partial charge in [-0.2, -0.15) is 0 Å². The van der Waals surface area contributed by atoms with Crippen LogP contribution in [-0.4, -0.2) is 19.8 Å². The lowest BCUT2D eigenvalue weighted by Gasteiger charge is -2.27. The number of methoxy groups -OCH3 is 1. The van der Waals surface area contributed by atoms with E-state index < -0.39 is 0 Å². The fraction of sp³-hybridized carbons (Fsp3) is 0.600. The number of aryl methyl sites for hydroxylation is 1. The van der Waals surface area contributed by atoms with Gasteiger partial charge >= 0.3 is 0 Å². The fourth-order valence-corrected chi connectivity index (χ4v) is 2.53. The molecule has 1 aromatic rings. The Hall–Kier alpha value is -0.860. The normalized spacial score (nSPS) is 19.0. The first-order valence-electron chi connectivity index (χ1n) is 6.59. The van der Waals surface area contributed by atoms with Crippen molar-refractivity contribution in [1.82, 2.24) is 5.32 Å². The highest BCUT2D eigenvalue weighted by Gasteiger charge is 2.37. The molecular formula is C15H23NO. The second-order valence-electron chi connectivity index (χ2n) is 4.99. The van der Waals surface area contributed by atoms with Crippen LogP contribution >= 0.6 is 0 Å². The minimum atomic E-state index is 0.316. The third-order valence-corrected chi connectivity index (χ3v) is 3.51. The summed E-state index contributed by atoms with van der Waals surface area (Å²) in [6, 6.07) is 9.08. The zero-order valence-corrected chi connectivity index (χ0v) is 11.1. The average Bonchev–Trinajstić information content (AvgIpc) is 3.13. The highest BCUT2D eigenvalue weighted by atomic mass is 16.5. The Labute approximate surface area is 104 Å². The Morgan fingerprint density at radius 1 is 1.41 bits per heavy atom. The predicted molar refractivity (Wildman–Crippen MR) is 71.1 cm³/mol. The van der Waals surface area contributed by atoms with Crippen LogP contribution in [0.3, 0.4) is 0 Å². The van der Waals surface area contributed by atoms with Gasteiger partial charge in [-0.1, -0.05) is 36.8 Å². The number of hydrogen-bond donors (Lipinski definition) is 1. The summed E-state index contributed by atoms with van der Waals surface area (Å²) in [5.41, 5.74) is 2.67. The molecule has 0 bridgehead atoms. The van der Waals surface area contributed by atoms with Crippen molar-refractivity contribution in [3.8, 4) is 0 Å². The van der Waals surface area contributed by atoms with Gasteiger partial charge in [0.05, 0.1) is 12.1 Å². The van der Waals surface area contributed by atoms with Gasteiger partial charge in [-0.3, -0.25) is 0 Å². The average molecular weight is 233 g/mol. The van der Waals surface area contributed by atoms with Crippen molar-refractivity contribution in [2.45, 2.75) is 38.8 Å². The van der Waals surface area contributed by atoms with E-state index in [1.807, 2.05) is 7.11 Å². The Bertz CT molecular complexity index is 360. The number of likely N-dealkylation sites (N-methyl/N-ethyl adjacent to an activating group) is 1. The molecule has 0 aromatic heterocycles. The molecule has 2 unspecified atom stereocenters. The van der Waals surface area contributed by atoms with Crippen LogP contribution in [-0.2, 0) is 4.74 Å². The highest BCUT2D eigenvalue weighted by Crippen LogP contribution is 2.39. The third-order valence-electron chi connectivity index (χ3n) is 3.51. The van der Waals surface area contributed by atoms with Gasteiger partial charge in [-0.05, 0) is 37.8 Å². The van der Waals surface area contributed by atoms with Gasteiger partial charge < -0.3 is 10.1 Å². The predicted octanol–water partition coefficient (Wildman–Crippen LogP) is 3.07. The van der Waals surface area contributed by atoms with Crippen molar-refractivity contribution in [1.29, 1.82) is 0 Å². The van der Waals surface area contributed by atoms with E-state index in [-0.39, 0.29) is 0 Å². The molecule has 0 radical (unpaired) electrons. The van der Waals surface area contributed by atoms with Crippen LogP contribution in [0.5, 0.6) is 0 Å². The topological polar surface area (TPSA) is 21.3 Å². The van der Waals surface area contributed by atoms with Crippen LogP contribution in [0.1, 0.15) is 36.9 Å². The molecule has 0 amide bonds. The molecule has 1 N–H and O–H groups in total. The SMILES string of the molecule is CCNC(c1cccc(C)c1)C(OC)C1CC1. The minimum Gasteiger partial charge on any atom is -0.379 e. The lowest BCUT2D eigenvalue weighted by atomic mass is 9.96. The molecule has 0 saturated heterocycles. The summed E-state index contributed by atoms with van der Waals surface area (Å²) in [5, 5.41) is 3.57. The molecule has 0 heterocycles. The number of nitrogens with one attached hydrogen (secondary N) is 1. The van der Waals surface area contributed by atoms with Crippen molar-refractivity contribution in [2.24, 2.45) is 5.92 Å². The van der Waals surface area contributed by atoms with Gasteiger partial charge in [0.2, 0.25) is 0 Å². The van der Waals surface area contributed by atoms with E-state index in [1.165, 1.54) is 24.0 Å². The zero-order chi connectivity index (χ0) is 12.3. The standard InChI is InChI=1S/C15H23NO/c1-4-16-14(15(17-3)12-8-9-12)13-7-5-6-11(2)10-13/h5-7,10,12,14-16H,4,8-9H2,1-3H3. The minimum absolute atomic E-state index is 0.316. The Kier molecular flexibility index (Phi) is 4.19. The lowest BCUT2D eigenvalue weighted by Crippen LogP contribution is -2.34. The largest absolute Gasteiger partial charge is 0.379 e. The molecule has 94 valence electrons. The lowest BCUT2D eigenvalue weighted by molar-refractivity contribution is 0.0511. The maximum atomic E-state index is 5.72. The van der Waals surface area contributed by atoms with Crippen molar-refractivity contribution in [3.63, 3.8) is 0 Å². The number of hydrogen-bond acceptors (Lipinski definition) is 2. The van der Waals surface area contributed by atoms with Crippen LogP contribution in [0.15, 0.2) is 24.3 Å². The Balaban J connectivity index is 2.20. The second kappa shape index (κ2) is 5.65. The summed E-state index contributed by atoms with van der Waals surface area (Å²) in [7, 11) is 1.84. The van der Waals surface area contributed by atoms with E-state index in [4.69, 9.17) is 4.74 Å². The molecule has 2 rings (SSSR count). The molecule has 0 aliphatic heterocycles. The van der Waals surface area contributed by atoms with Crippen LogP contribution < -0.4 is 5.32 Å². The highest BCUT2D eigenvalue weighted by molar-refractivity contribution is 5.26. The van der Waals surface area contributed by atoms with Crippen LogP contribution in [0.25, 0.3) is 0 Å². The van der Waals surface area contributed by atoms with E-state index in [2.05, 4.69) is 43.4 Å². The van der Waals surface area contributed by atoms with E-state index in [0.29, 0.717) is 12.1 Å². The molecule has 1 aliphatic rings. The van der Waals surface area contributed by atoms with Crippen molar-refractivity contribution >= 4 is 0 Å². The summed E-state index contributed by atoms with van der Waals surface area (Å²) < 4.78 is 5.72. The van der Waals surface area contributed by atoms with Crippen LogP contribution in [0.4, 0.5) is 0 Å². The first-order valence-corrected chi connectivity index (χ1v) is 6.59. The van der Waals surface area contributed by atoms with Crippen molar-refractivity contribution in [2.75, 3.05) is 13.7 Å². The first-order chi connectivity index (χ1) is 8.26. The molecule has 17 heavy (non-hydrogen) atoms. The summed E-state index contributed by atoms with van der Waals surface area (Å²) in [4.78, 5) is 0.